The first kappa shape index (κ1) is 11.5. The van der Waals surface area contributed by atoms with Crippen LogP contribution in [-0.4, -0.2) is 24.2 Å². The standard InChI is InChI=1S/C11H15NO3/c1-7-3-4-10(15-2)8(5-7)6-9(12)11(13)14/h3-5,9H,6,12H2,1-2H3,(H,13,14)/t9-/m0/s1. The topological polar surface area (TPSA) is 72.5 Å². The maximum atomic E-state index is 10.6. The van der Waals surface area contributed by atoms with Gasteiger partial charge in [-0.3, -0.25) is 4.79 Å². The number of rotatable bonds is 4. The van der Waals surface area contributed by atoms with E-state index in [9.17, 15) is 4.79 Å². The minimum absolute atomic E-state index is 0.278. The van der Waals surface area contributed by atoms with E-state index in [-0.39, 0.29) is 6.42 Å². The third-order valence-corrected chi connectivity index (χ3v) is 2.19. The van der Waals surface area contributed by atoms with Gasteiger partial charge in [0.2, 0.25) is 0 Å². The Morgan fingerprint density at radius 3 is 2.80 bits per heavy atom. The molecule has 1 rings (SSSR count). The summed E-state index contributed by atoms with van der Waals surface area (Å²) in [6.07, 6.45) is 0.278. The average molecular weight is 209 g/mol. The number of hydrogen-bond acceptors (Lipinski definition) is 3. The number of hydrogen-bond donors (Lipinski definition) is 2. The van der Waals surface area contributed by atoms with Crippen LogP contribution in [0.1, 0.15) is 11.1 Å². The molecule has 1 atom stereocenters. The van der Waals surface area contributed by atoms with Crippen LogP contribution in [0.25, 0.3) is 0 Å². The molecule has 0 saturated heterocycles. The second-order valence-electron chi connectivity index (χ2n) is 3.46. The van der Waals surface area contributed by atoms with E-state index in [1.807, 2.05) is 25.1 Å². The van der Waals surface area contributed by atoms with Crippen molar-refractivity contribution in [1.82, 2.24) is 0 Å². The van der Waals surface area contributed by atoms with Crippen molar-refractivity contribution in [1.29, 1.82) is 0 Å². The number of nitrogens with two attached hydrogens (primary N) is 1. The van der Waals surface area contributed by atoms with Crippen molar-refractivity contribution in [2.24, 2.45) is 5.73 Å². The fourth-order valence-electron chi connectivity index (χ4n) is 1.39. The minimum atomic E-state index is -1.00. The number of ether oxygens (including phenoxy) is 1. The molecular weight excluding hydrogens is 194 g/mol. The van der Waals surface area contributed by atoms with E-state index < -0.39 is 12.0 Å². The van der Waals surface area contributed by atoms with Gasteiger partial charge < -0.3 is 15.6 Å². The van der Waals surface area contributed by atoms with Gasteiger partial charge in [0.15, 0.2) is 0 Å². The monoisotopic (exact) mass is 209 g/mol. The quantitative estimate of drug-likeness (QED) is 0.774. The van der Waals surface area contributed by atoms with E-state index in [1.165, 1.54) is 0 Å². The van der Waals surface area contributed by atoms with Crippen LogP contribution in [0.3, 0.4) is 0 Å². The van der Waals surface area contributed by atoms with Gasteiger partial charge >= 0.3 is 5.97 Å². The van der Waals surface area contributed by atoms with E-state index in [0.717, 1.165) is 11.1 Å². The average Bonchev–Trinajstić information content (AvgIpc) is 2.18. The molecule has 0 aromatic heterocycles. The number of benzene rings is 1. The van der Waals surface area contributed by atoms with Crippen molar-refractivity contribution in [2.75, 3.05) is 7.11 Å². The Kier molecular flexibility index (Phi) is 3.68. The first-order valence-electron chi connectivity index (χ1n) is 4.66. The first-order valence-corrected chi connectivity index (χ1v) is 4.66. The van der Waals surface area contributed by atoms with Crippen molar-refractivity contribution in [3.63, 3.8) is 0 Å². The molecule has 0 spiro atoms. The highest BCUT2D eigenvalue weighted by Gasteiger charge is 2.14. The number of carboxylic acid groups (broad SMARTS) is 1. The second-order valence-corrected chi connectivity index (χ2v) is 3.46. The molecule has 0 heterocycles. The molecular formula is C11H15NO3. The molecule has 1 aromatic rings. The van der Waals surface area contributed by atoms with Gasteiger partial charge in [-0.2, -0.15) is 0 Å². The molecule has 0 radical (unpaired) electrons. The molecule has 0 aliphatic carbocycles. The molecule has 82 valence electrons. The summed E-state index contributed by atoms with van der Waals surface area (Å²) in [4.78, 5) is 10.6. The van der Waals surface area contributed by atoms with Gasteiger partial charge in [-0.1, -0.05) is 17.7 Å². The van der Waals surface area contributed by atoms with Gasteiger partial charge in [-0.05, 0) is 18.6 Å². The minimum Gasteiger partial charge on any atom is -0.496 e. The van der Waals surface area contributed by atoms with Gasteiger partial charge in [-0.25, -0.2) is 0 Å². The molecule has 0 amide bonds. The highest BCUT2D eigenvalue weighted by atomic mass is 16.5. The summed E-state index contributed by atoms with van der Waals surface area (Å²) >= 11 is 0. The van der Waals surface area contributed by atoms with Crippen LogP contribution >= 0.6 is 0 Å². The largest absolute Gasteiger partial charge is 0.496 e. The van der Waals surface area contributed by atoms with E-state index >= 15 is 0 Å². The summed E-state index contributed by atoms with van der Waals surface area (Å²) in [6, 6.07) is 4.73. The molecule has 0 aliphatic rings. The predicted molar refractivity (Wildman–Crippen MR) is 57.0 cm³/mol. The lowest BCUT2D eigenvalue weighted by molar-refractivity contribution is -0.138. The van der Waals surface area contributed by atoms with E-state index in [2.05, 4.69) is 0 Å². The number of carbonyl (C=O) groups is 1. The molecule has 0 aliphatic heterocycles. The summed E-state index contributed by atoms with van der Waals surface area (Å²) < 4.78 is 5.13. The fraction of sp³-hybridized carbons (Fsp3) is 0.364. The Morgan fingerprint density at radius 2 is 2.27 bits per heavy atom. The smallest absolute Gasteiger partial charge is 0.320 e. The summed E-state index contributed by atoms with van der Waals surface area (Å²) in [5.41, 5.74) is 7.35. The first-order chi connectivity index (χ1) is 7.04. The molecule has 0 saturated carbocycles. The van der Waals surface area contributed by atoms with Crippen LogP contribution in [-0.2, 0) is 11.2 Å². The summed E-state index contributed by atoms with van der Waals surface area (Å²) in [7, 11) is 1.56. The second kappa shape index (κ2) is 4.79. The predicted octanol–water partition coefficient (Wildman–Crippen LogP) is 0.958. The van der Waals surface area contributed by atoms with Crippen molar-refractivity contribution in [3.05, 3.63) is 29.3 Å². The van der Waals surface area contributed by atoms with Crippen LogP contribution in [0.15, 0.2) is 18.2 Å². The summed E-state index contributed by atoms with van der Waals surface area (Å²) in [6.45, 7) is 1.94. The Labute approximate surface area is 88.7 Å². The van der Waals surface area contributed by atoms with Gasteiger partial charge in [0.05, 0.1) is 7.11 Å². The van der Waals surface area contributed by atoms with Crippen LogP contribution < -0.4 is 10.5 Å². The lowest BCUT2D eigenvalue weighted by Gasteiger charge is -2.11. The van der Waals surface area contributed by atoms with E-state index in [0.29, 0.717) is 5.75 Å². The fourth-order valence-corrected chi connectivity index (χ4v) is 1.39. The Balaban J connectivity index is 2.91. The van der Waals surface area contributed by atoms with Gasteiger partial charge in [0, 0.05) is 6.42 Å². The maximum absolute atomic E-state index is 10.6. The maximum Gasteiger partial charge on any atom is 0.320 e. The summed E-state index contributed by atoms with van der Waals surface area (Å²) in [5, 5.41) is 8.71. The van der Waals surface area contributed by atoms with Crippen molar-refractivity contribution in [2.45, 2.75) is 19.4 Å². The molecule has 4 nitrogen and oxygen atoms in total. The number of carboxylic acids is 1. The normalized spacial score (nSPS) is 12.2. The Morgan fingerprint density at radius 1 is 1.60 bits per heavy atom. The zero-order valence-electron chi connectivity index (χ0n) is 8.86. The van der Waals surface area contributed by atoms with Crippen LogP contribution in [0.2, 0.25) is 0 Å². The van der Waals surface area contributed by atoms with Crippen molar-refractivity contribution in [3.8, 4) is 5.75 Å². The Hall–Kier alpha value is -1.55. The molecule has 3 N–H and O–H groups in total. The van der Waals surface area contributed by atoms with Crippen LogP contribution in [0.5, 0.6) is 5.75 Å². The number of methoxy groups -OCH3 is 1. The number of aryl methyl sites for hydroxylation is 1. The van der Waals surface area contributed by atoms with Gasteiger partial charge in [-0.15, -0.1) is 0 Å². The highest BCUT2D eigenvalue weighted by Crippen LogP contribution is 2.20. The molecule has 1 aromatic carbocycles. The highest BCUT2D eigenvalue weighted by molar-refractivity contribution is 5.73. The molecule has 0 bridgehead atoms. The van der Waals surface area contributed by atoms with E-state index in [4.69, 9.17) is 15.6 Å². The lowest BCUT2D eigenvalue weighted by Crippen LogP contribution is -2.32. The molecule has 0 unspecified atom stereocenters. The zero-order valence-corrected chi connectivity index (χ0v) is 8.86. The molecule has 0 fully saturated rings. The molecule has 4 heteroatoms. The zero-order chi connectivity index (χ0) is 11.4. The third kappa shape index (κ3) is 2.95. The van der Waals surface area contributed by atoms with Gasteiger partial charge in [0.1, 0.15) is 11.8 Å². The van der Waals surface area contributed by atoms with Crippen LogP contribution in [0, 0.1) is 6.92 Å². The Bertz CT molecular complexity index is 363. The lowest BCUT2D eigenvalue weighted by atomic mass is 10.0. The van der Waals surface area contributed by atoms with Crippen molar-refractivity contribution >= 4 is 5.97 Å². The van der Waals surface area contributed by atoms with E-state index in [1.54, 1.807) is 7.11 Å². The van der Waals surface area contributed by atoms with Gasteiger partial charge in [0.25, 0.3) is 0 Å². The summed E-state index contributed by atoms with van der Waals surface area (Å²) in [5.74, 6) is -0.323. The van der Waals surface area contributed by atoms with Crippen LogP contribution in [0.4, 0.5) is 0 Å². The van der Waals surface area contributed by atoms with Crippen molar-refractivity contribution < 1.29 is 14.6 Å². The third-order valence-electron chi connectivity index (χ3n) is 2.19. The molecule has 15 heavy (non-hydrogen) atoms. The SMILES string of the molecule is COc1ccc(C)cc1C[C@H](N)C(=O)O. The number of aliphatic carboxylic acids is 1.